The highest BCUT2D eigenvalue weighted by Crippen LogP contribution is 2.33. The number of hydrogen-bond donors (Lipinski definition) is 0. The normalized spacial score (nSPS) is 11.0. The van der Waals surface area contributed by atoms with Crippen molar-refractivity contribution < 1.29 is 13.6 Å². The molecule has 0 aliphatic rings. The molecule has 0 fully saturated rings. The highest BCUT2D eigenvalue weighted by Gasteiger charge is 2.23. The average molecular weight is 442 g/mol. The average Bonchev–Trinajstić information content (AvgIpc) is 3.17. The Morgan fingerprint density at radius 2 is 2.00 bits per heavy atom. The highest BCUT2D eigenvalue weighted by atomic mass is 32.2. The first-order chi connectivity index (χ1) is 14.5. The zero-order valence-electron chi connectivity index (χ0n) is 16.0. The number of aromatic nitrogens is 2. The summed E-state index contributed by atoms with van der Waals surface area (Å²) in [4.78, 5) is 24.5. The summed E-state index contributed by atoms with van der Waals surface area (Å²) in [5.41, 5.74) is 1.21. The maximum atomic E-state index is 14.2. The molecular weight excluding hydrogens is 424 g/mol. The van der Waals surface area contributed by atoms with E-state index in [0.717, 1.165) is 28.1 Å². The molecule has 0 saturated carbocycles. The van der Waals surface area contributed by atoms with Crippen molar-refractivity contribution in [3.63, 3.8) is 0 Å². The van der Waals surface area contributed by atoms with Gasteiger partial charge < -0.3 is 0 Å². The molecule has 2 heterocycles. The Morgan fingerprint density at radius 3 is 2.77 bits per heavy atom. The van der Waals surface area contributed by atoms with Crippen LogP contribution in [0.15, 0.2) is 65.7 Å². The van der Waals surface area contributed by atoms with Crippen molar-refractivity contribution in [3.05, 3.63) is 83.7 Å². The van der Waals surface area contributed by atoms with Gasteiger partial charge in [0.1, 0.15) is 11.3 Å². The van der Waals surface area contributed by atoms with E-state index in [1.165, 1.54) is 11.0 Å². The van der Waals surface area contributed by atoms with Crippen LogP contribution in [0.2, 0.25) is 0 Å². The molecule has 2 aromatic heterocycles. The smallest absolute Gasteiger partial charge is 0.260 e. The first-order valence-electron chi connectivity index (χ1n) is 9.25. The number of anilines is 1. The van der Waals surface area contributed by atoms with E-state index in [1.807, 2.05) is 31.2 Å². The molecule has 30 heavy (non-hydrogen) atoms. The van der Waals surface area contributed by atoms with Gasteiger partial charge in [0, 0.05) is 22.7 Å². The van der Waals surface area contributed by atoms with E-state index < -0.39 is 11.6 Å². The predicted octanol–water partition coefficient (Wildman–Crippen LogP) is 5.93. The second-order valence-corrected chi connectivity index (χ2v) is 8.75. The second-order valence-electron chi connectivity index (χ2n) is 6.40. The molecule has 0 radical (unpaired) electrons. The number of carbonyl (C=O) groups is 1. The Balaban J connectivity index is 1.77. The van der Waals surface area contributed by atoms with E-state index in [2.05, 4.69) is 9.97 Å². The van der Waals surface area contributed by atoms with Gasteiger partial charge in [-0.3, -0.25) is 14.7 Å². The Labute approximate surface area is 180 Å². The summed E-state index contributed by atoms with van der Waals surface area (Å²) < 4.78 is 28.2. The Morgan fingerprint density at radius 1 is 1.13 bits per heavy atom. The molecule has 4 aromatic rings. The molecule has 0 unspecified atom stereocenters. The molecule has 152 valence electrons. The predicted molar refractivity (Wildman–Crippen MR) is 117 cm³/mol. The standard InChI is InChI=1S/C22H17F2N3OS2/c1-2-29-17-8-5-6-14(10-17)21(28)27(13-16-7-3-4-9-25-16)22-26-20-18(24)11-15(23)12-19(20)30-22/h3-12H,2,13H2,1H3. The molecule has 8 heteroatoms. The summed E-state index contributed by atoms with van der Waals surface area (Å²) in [7, 11) is 0. The van der Waals surface area contributed by atoms with Crippen LogP contribution in [-0.4, -0.2) is 21.6 Å². The van der Waals surface area contributed by atoms with Crippen LogP contribution in [0.1, 0.15) is 23.0 Å². The lowest BCUT2D eigenvalue weighted by atomic mass is 10.2. The molecule has 0 spiro atoms. The zero-order valence-corrected chi connectivity index (χ0v) is 17.6. The lowest BCUT2D eigenvalue weighted by molar-refractivity contribution is 0.0984. The van der Waals surface area contributed by atoms with Crippen LogP contribution in [0.25, 0.3) is 10.2 Å². The van der Waals surface area contributed by atoms with Crippen LogP contribution in [0, 0.1) is 11.6 Å². The van der Waals surface area contributed by atoms with Crippen molar-refractivity contribution in [1.29, 1.82) is 0 Å². The van der Waals surface area contributed by atoms with Crippen molar-refractivity contribution in [1.82, 2.24) is 9.97 Å². The third kappa shape index (κ3) is 4.34. The van der Waals surface area contributed by atoms with Crippen LogP contribution in [0.3, 0.4) is 0 Å². The number of fused-ring (bicyclic) bond motifs is 1. The molecule has 0 aliphatic carbocycles. The number of thiazole rings is 1. The number of pyridine rings is 1. The summed E-state index contributed by atoms with van der Waals surface area (Å²) in [6.45, 7) is 2.20. The zero-order chi connectivity index (χ0) is 21.1. The first-order valence-corrected chi connectivity index (χ1v) is 11.1. The molecule has 4 nitrogen and oxygen atoms in total. The van der Waals surface area contributed by atoms with Crippen LogP contribution >= 0.6 is 23.1 Å². The number of thioether (sulfide) groups is 1. The number of nitrogens with zero attached hydrogens (tertiary/aromatic N) is 3. The molecular formula is C22H17F2N3OS2. The van der Waals surface area contributed by atoms with Crippen molar-refractivity contribution in [3.8, 4) is 0 Å². The van der Waals surface area contributed by atoms with E-state index in [4.69, 9.17) is 0 Å². The first kappa shape index (κ1) is 20.4. The Bertz CT molecular complexity index is 1200. The summed E-state index contributed by atoms with van der Waals surface area (Å²) in [5, 5.41) is 0.290. The molecule has 1 amide bonds. The monoisotopic (exact) mass is 441 g/mol. The summed E-state index contributed by atoms with van der Waals surface area (Å²) in [6.07, 6.45) is 1.64. The van der Waals surface area contributed by atoms with Crippen molar-refractivity contribution >= 4 is 44.4 Å². The molecule has 4 rings (SSSR count). The fraction of sp³-hybridized carbons (Fsp3) is 0.136. The molecule has 0 saturated heterocycles. The summed E-state index contributed by atoms with van der Waals surface area (Å²) >= 11 is 2.71. The number of halogens is 2. The minimum absolute atomic E-state index is 0.0468. The SMILES string of the molecule is CCSc1cccc(C(=O)N(Cc2ccccn2)c2nc3c(F)cc(F)cc3s2)c1. The molecule has 2 aromatic carbocycles. The van der Waals surface area contributed by atoms with Gasteiger partial charge in [-0.05, 0) is 42.2 Å². The van der Waals surface area contributed by atoms with Gasteiger partial charge in [0.05, 0.1) is 16.9 Å². The fourth-order valence-electron chi connectivity index (χ4n) is 2.98. The van der Waals surface area contributed by atoms with Gasteiger partial charge in [-0.1, -0.05) is 30.4 Å². The lowest BCUT2D eigenvalue weighted by Crippen LogP contribution is -2.30. The minimum atomic E-state index is -0.751. The number of benzene rings is 2. The topological polar surface area (TPSA) is 46.1 Å². The van der Waals surface area contributed by atoms with Crippen LogP contribution < -0.4 is 4.90 Å². The van der Waals surface area contributed by atoms with E-state index in [1.54, 1.807) is 36.2 Å². The van der Waals surface area contributed by atoms with Gasteiger partial charge in [0.25, 0.3) is 5.91 Å². The minimum Gasteiger partial charge on any atom is -0.278 e. The van der Waals surface area contributed by atoms with Gasteiger partial charge in [0.2, 0.25) is 0 Å². The van der Waals surface area contributed by atoms with Crippen LogP contribution in [0.4, 0.5) is 13.9 Å². The summed E-state index contributed by atoms with van der Waals surface area (Å²) in [6, 6.07) is 14.8. The number of hydrogen-bond acceptors (Lipinski definition) is 5. The number of amides is 1. The number of carbonyl (C=O) groups excluding carboxylic acids is 1. The maximum absolute atomic E-state index is 14.2. The van der Waals surface area contributed by atoms with Crippen LogP contribution in [0.5, 0.6) is 0 Å². The molecule has 0 bridgehead atoms. The number of rotatable bonds is 6. The van der Waals surface area contributed by atoms with E-state index in [-0.39, 0.29) is 18.0 Å². The molecule has 0 N–H and O–H groups in total. The van der Waals surface area contributed by atoms with E-state index in [0.29, 0.717) is 21.1 Å². The highest BCUT2D eigenvalue weighted by molar-refractivity contribution is 7.99. The lowest BCUT2D eigenvalue weighted by Gasteiger charge is -2.20. The quantitative estimate of drug-likeness (QED) is 0.348. The van der Waals surface area contributed by atoms with E-state index in [9.17, 15) is 13.6 Å². The van der Waals surface area contributed by atoms with Crippen molar-refractivity contribution in [2.24, 2.45) is 0 Å². The third-order valence-electron chi connectivity index (χ3n) is 4.32. The van der Waals surface area contributed by atoms with Gasteiger partial charge in [-0.25, -0.2) is 13.8 Å². The Hall–Kier alpha value is -2.84. The van der Waals surface area contributed by atoms with Gasteiger partial charge in [-0.15, -0.1) is 11.8 Å². The van der Waals surface area contributed by atoms with Crippen LogP contribution in [-0.2, 0) is 6.54 Å². The van der Waals surface area contributed by atoms with Crippen molar-refractivity contribution in [2.45, 2.75) is 18.4 Å². The third-order valence-corrected chi connectivity index (χ3v) is 6.22. The Kier molecular flexibility index (Phi) is 6.06. The molecule has 0 aliphatic heterocycles. The maximum Gasteiger partial charge on any atom is 0.260 e. The largest absolute Gasteiger partial charge is 0.278 e. The fourth-order valence-corrected chi connectivity index (χ4v) is 4.70. The van der Waals surface area contributed by atoms with Crippen molar-refractivity contribution in [2.75, 3.05) is 10.7 Å². The van der Waals surface area contributed by atoms with E-state index >= 15 is 0 Å². The van der Waals surface area contributed by atoms with Gasteiger partial charge in [-0.2, -0.15) is 0 Å². The summed E-state index contributed by atoms with van der Waals surface area (Å²) in [5.74, 6) is -0.821. The second kappa shape index (κ2) is 8.89. The molecule has 0 atom stereocenters. The van der Waals surface area contributed by atoms with Gasteiger partial charge >= 0.3 is 0 Å². The van der Waals surface area contributed by atoms with Gasteiger partial charge in [0.15, 0.2) is 10.9 Å².